The van der Waals surface area contributed by atoms with Crippen molar-refractivity contribution in [3.05, 3.63) is 0 Å². The largest absolute Gasteiger partial charge is 0.387 e. The van der Waals surface area contributed by atoms with E-state index in [0.717, 1.165) is 11.8 Å². The van der Waals surface area contributed by atoms with Crippen LogP contribution in [0.3, 0.4) is 0 Å². The molecule has 0 aromatic carbocycles. The van der Waals surface area contributed by atoms with Crippen molar-refractivity contribution in [3.8, 4) is 0 Å². The van der Waals surface area contributed by atoms with Gasteiger partial charge in [-0.05, 0) is 31.6 Å². The Morgan fingerprint density at radius 2 is 2.00 bits per heavy atom. The molecule has 2 atom stereocenters. The molecule has 0 spiro atoms. The third-order valence-electron chi connectivity index (χ3n) is 3.88. The summed E-state index contributed by atoms with van der Waals surface area (Å²) in [6.45, 7) is 2.25. The Hall–Kier alpha value is -0.530. The maximum Gasteiger partial charge on any atom is 0.0971 e. The van der Waals surface area contributed by atoms with Crippen molar-refractivity contribution in [1.29, 1.82) is 0 Å². The zero-order valence-electron chi connectivity index (χ0n) is 9.91. The van der Waals surface area contributed by atoms with Gasteiger partial charge in [-0.3, -0.25) is 4.99 Å². The van der Waals surface area contributed by atoms with Crippen molar-refractivity contribution in [2.75, 3.05) is 0 Å². The Labute approximate surface area is 93.3 Å². The minimum Gasteiger partial charge on any atom is -0.387 e. The van der Waals surface area contributed by atoms with E-state index in [9.17, 15) is 0 Å². The quantitative estimate of drug-likeness (QED) is 0.559. The Kier molecular flexibility index (Phi) is 3.66. The standard InChI is InChI=1S/C13H24N2/c1-2-6-11-9-12(11)15-13(14)10-7-4-3-5-8-10/h10-12H,2-9H2,1H3,(H2,14,15). The number of amidine groups is 1. The van der Waals surface area contributed by atoms with Gasteiger partial charge in [0.15, 0.2) is 0 Å². The normalized spacial score (nSPS) is 33.0. The van der Waals surface area contributed by atoms with E-state index in [-0.39, 0.29) is 0 Å². The van der Waals surface area contributed by atoms with Crippen LogP contribution >= 0.6 is 0 Å². The van der Waals surface area contributed by atoms with E-state index in [1.165, 1.54) is 51.4 Å². The summed E-state index contributed by atoms with van der Waals surface area (Å²) in [7, 11) is 0. The summed E-state index contributed by atoms with van der Waals surface area (Å²) in [5.41, 5.74) is 6.10. The fourth-order valence-electron chi connectivity index (χ4n) is 2.77. The smallest absolute Gasteiger partial charge is 0.0971 e. The summed E-state index contributed by atoms with van der Waals surface area (Å²) >= 11 is 0. The average Bonchev–Trinajstić information content (AvgIpc) is 2.98. The first kappa shape index (κ1) is 11.0. The highest BCUT2D eigenvalue weighted by molar-refractivity contribution is 5.83. The lowest BCUT2D eigenvalue weighted by Gasteiger charge is -2.20. The van der Waals surface area contributed by atoms with E-state index in [2.05, 4.69) is 6.92 Å². The highest BCUT2D eigenvalue weighted by Gasteiger charge is 2.36. The number of hydrogen-bond donors (Lipinski definition) is 1. The van der Waals surface area contributed by atoms with Gasteiger partial charge >= 0.3 is 0 Å². The van der Waals surface area contributed by atoms with Gasteiger partial charge in [-0.15, -0.1) is 0 Å². The van der Waals surface area contributed by atoms with Gasteiger partial charge in [0, 0.05) is 5.92 Å². The lowest BCUT2D eigenvalue weighted by Crippen LogP contribution is -2.26. The molecule has 0 bridgehead atoms. The lowest BCUT2D eigenvalue weighted by molar-refractivity contribution is 0.436. The van der Waals surface area contributed by atoms with Crippen LogP contribution in [0.15, 0.2) is 4.99 Å². The fraction of sp³-hybridized carbons (Fsp3) is 0.923. The number of nitrogens with zero attached hydrogens (tertiary/aromatic N) is 1. The van der Waals surface area contributed by atoms with Crippen molar-refractivity contribution in [3.63, 3.8) is 0 Å². The Morgan fingerprint density at radius 1 is 1.27 bits per heavy atom. The van der Waals surface area contributed by atoms with E-state index >= 15 is 0 Å². The maximum atomic E-state index is 6.10. The molecule has 0 amide bonds. The molecular weight excluding hydrogens is 184 g/mol. The van der Waals surface area contributed by atoms with Crippen LogP contribution in [0, 0.1) is 11.8 Å². The number of nitrogens with two attached hydrogens (primary N) is 1. The minimum absolute atomic E-state index is 0.590. The molecule has 0 aliphatic heterocycles. The van der Waals surface area contributed by atoms with E-state index in [1.54, 1.807) is 0 Å². The molecule has 0 radical (unpaired) electrons. The van der Waals surface area contributed by atoms with E-state index in [1.807, 2.05) is 0 Å². The molecule has 2 heteroatoms. The highest BCUT2D eigenvalue weighted by atomic mass is 14.9. The molecule has 2 N–H and O–H groups in total. The molecule has 0 aromatic heterocycles. The van der Waals surface area contributed by atoms with Crippen LogP contribution in [-0.4, -0.2) is 11.9 Å². The van der Waals surface area contributed by atoms with Crippen molar-refractivity contribution in [2.45, 2.75) is 64.3 Å². The molecular formula is C13H24N2. The first-order valence-corrected chi connectivity index (χ1v) is 6.64. The molecule has 2 aliphatic carbocycles. The average molecular weight is 208 g/mol. The summed E-state index contributed by atoms with van der Waals surface area (Å²) in [5, 5.41) is 0. The van der Waals surface area contributed by atoms with Crippen LogP contribution in [0.2, 0.25) is 0 Å². The number of rotatable bonds is 4. The van der Waals surface area contributed by atoms with E-state index in [4.69, 9.17) is 10.7 Å². The van der Waals surface area contributed by atoms with Crippen LogP contribution in [0.4, 0.5) is 0 Å². The molecule has 2 rings (SSSR count). The zero-order valence-corrected chi connectivity index (χ0v) is 9.91. The Bertz CT molecular complexity index is 229. The highest BCUT2D eigenvalue weighted by Crippen LogP contribution is 2.38. The molecule has 0 heterocycles. The van der Waals surface area contributed by atoms with E-state index in [0.29, 0.717) is 12.0 Å². The first-order valence-electron chi connectivity index (χ1n) is 6.64. The fourth-order valence-corrected chi connectivity index (χ4v) is 2.77. The van der Waals surface area contributed by atoms with Crippen LogP contribution in [0.25, 0.3) is 0 Å². The van der Waals surface area contributed by atoms with Crippen LogP contribution < -0.4 is 5.73 Å². The van der Waals surface area contributed by atoms with Crippen LogP contribution in [-0.2, 0) is 0 Å². The molecule has 2 aliphatic rings. The summed E-state index contributed by atoms with van der Waals surface area (Å²) in [6, 6.07) is 0.590. The number of hydrogen-bond acceptors (Lipinski definition) is 1. The SMILES string of the molecule is CCCC1CC1N=C(N)C1CCCCC1. The van der Waals surface area contributed by atoms with E-state index < -0.39 is 0 Å². The number of aliphatic imine (C=N–C) groups is 1. The van der Waals surface area contributed by atoms with Gasteiger partial charge in [-0.1, -0.05) is 32.6 Å². The third-order valence-corrected chi connectivity index (χ3v) is 3.88. The third kappa shape index (κ3) is 2.96. The molecule has 2 unspecified atom stereocenters. The van der Waals surface area contributed by atoms with Crippen LogP contribution in [0.1, 0.15) is 58.3 Å². The maximum absolute atomic E-state index is 6.10. The molecule has 0 saturated heterocycles. The van der Waals surface area contributed by atoms with Gasteiger partial charge in [-0.2, -0.15) is 0 Å². The van der Waals surface area contributed by atoms with Gasteiger partial charge < -0.3 is 5.73 Å². The summed E-state index contributed by atoms with van der Waals surface area (Å²) < 4.78 is 0. The van der Waals surface area contributed by atoms with Gasteiger partial charge in [0.1, 0.15) is 0 Å². The second-order valence-electron chi connectivity index (χ2n) is 5.24. The van der Waals surface area contributed by atoms with Crippen molar-refractivity contribution in [1.82, 2.24) is 0 Å². The predicted molar refractivity (Wildman–Crippen MR) is 65.0 cm³/mol. The van der Waals surface area contributed by atoms with Crippen LogP contribution in [0.5, 0.6) is 0 Å². The topological polar surface area (TPSA) is 38.4 Å². The predicted octanol–water partition coefficient (Wildman–Crippen LogP) is 3.11. The molecule has 15 heavy (non-hydrogen) atoms. The Morgan fingerprint density at radius 3 is 2.67 bits per heavy atom. The molecule has 2 saturated carbocycles. The monoisotopic (exact) mass is 208 g/mol. The van der Waals surface area contributed by atoms with Gasteiger partial charge in [0.25, 0.3) is 0 Å². The van der Waals surface area contributed by atoms with Crippen molar-refractivity contribution >= 4 is 5.84 Å². The van der Waals surface area contributed by atoms with Gasteiger partial charge in [-0.25, -0.2) is 0 Å². The lowest BCUT2D eigenvalue weighted by atomic mass is 9.88. The molecule has 0 aromatic rings. The minimum atomic E-state index is 0.590. The molecule has 2 fully saturated rings. The van der Waals surface area contributed by atoms with Crippen molar-refractivity contribution in [2.24, 2.45) is 22.6 Å². The molecule has 2 nitrogen and oxygen atoms in total. The molecule has 86 valence electrons. The summed E-state index contributed by atoms with van der Waals surface area (Å²) in [4.78, 5) is 4.71. The Balaban J connectivity index is 1.79. The second-order valence-corrected chi connectivity index (χ2v) is 5.24. The summed E-state index contributed by atoms with van der Waals surface area (Å²) in [6.07, 6.45) is 10.6. The van der Waals surface area contributed by atoms with Gasteiger partial charge in [0.05, 0.1) is 11.9 Å². The van der Waals surface area contributed by atoms with Gasteiger partial charge in [0.2, 0.25) is 0 Å². The first-order chi connectivity index (χ1) is 7.31. The second kappa shape index (κ2) is 5.00. The van der Waals surface area contributed by atoms with Crippen molar-refractivity contribution < 1.29 is 0 Å². The summed E-state index contributed by atoms with van der Waals surface area (Å²) in [5.74, 6) is 2.44. The zero-order chi connectivity index (χ0) is 10.7.